The topological polar surface area (TPSA) is 107 Å². The summed E-state index contributed by atoms with van der Waals surface area (Å²) in [5.74, 6) is -1.21. The van der Waals surface area contributed by atoms with Crippen LogP contribution in [0.3, 0.4) is 0 Å². The van der Waals surface area contributed by atoms with Crippen LogP contribution in [-0.4, -0.2) is 65.7 Å². The molecule has 9 nitrogen and oxygen atoms in total. The second-order valence-corrected chi connectivity index (χ2v) is 9.67. The number of esters is 1. The van der Waals surface area contributed by atoms with Crippen LogP contribution in [0.4, 0.5) is 13.2 Å². The molecule has 0 spiro atoms. The molecular weight excluding hydrogens is 519 g/mol. The first kappa shape index (κ1) is 26.5. The van der Waals surface area contributed by atoms with Gasteiger partial charge in [0.1, 0.15) is 11.5 Å². The number of carbonyl (C=O) groups excluding carboxylic acids is 2. The van der Waals surface area contributed by atoms with Gasteiger partial charge in [-0.25, -0.2) is 4.79 Å². The van der Waals surface area contributed by atoms with Crippen LogP contribution in [0.1, 0.15) is 46.0 Å². The quantitative estimate of drug-likeness (QED) is 0.336. The summed E-state index contributed by atoms with van der Waals surface area (Å²) in [5, 5.41) is 4.78. The van der Waals surface area contributed by atoms with E-state index in [1.54, 1.807) is 30.9 Å². The van der Waals surface area contributed by atoms with Crippen molar-refractivity contribution >= 4 is 33.7 Å². The third-order valence-electron chi connectivity index (χ3n) is 6.68. The lowest BCUT2D eigenvalue weighted by atomic mass is 9.96. The van der Waals surface area contributed by atoms with Gasteiger partial charge in [0.05, 0.1) is 47.2 Å². The minimum atomic E-state index is -4.98. The molecule has 1 saturated heterocycles. The van der Waals surface area contributed by atoms with Crippen molar-refractivity contribution in [3.05, 3.63) is 46.8 Å². The molecule has 1 aliphatic heterocycles. The minimum Gasteiger partial charge on any atom is -0.465 e. The van der Waals surface area contributed by atoms with E-state index in [0.29, 0.717) is 38.9 Å². The molecule has 1 fully saturated rings. The van der Waals surface area contributed by atoms with E-state index in [-0.39, 0.29) is 41.9 Å². The van der Waals surface area contributed by atoms with Crippen LogP contribution in [0.2, 0.25) is 0 Å². The minimum absolute atomic E-state index is 0.00831. The van der Waals surface area contributed by atoms with E-state index >= 15 is 0 Å². The normalized spacial score (nSPS) is 18.1. The molecule has 2 aromatic heterocycles. The molecular formula is C27H26F3N3O6. The van der Waals surface area contributed by atoms with E-state index in [9.17, 15) is 22.8 Å². The van der Waals surface area contributed by atoms with Crippen molar-refractivity contribution in [1.82, 2.24) is 15.0 Å². The lowest BCUT2D eigenvalue weighted by molar-refractivity contribution is -0.274. The number of carbonyl (C=O) groups is 2. The number of aromatic amines is 1. The van der Waals surface area contributed by atoms with Gasteiger partial charge in [-0.2, -0.15) is 0 Å². The number of aromatic nitrogens is 2. The average Bonchev–Trinajstić information content (AvgIpc) is 3.39. The van der Waals surface area contributed by atoms with Crippen LogP contribution in [0.5, 0.6) is 5.75 Å². The first-order valence-corrected chi connectivity index (χ1v) is 12.2. The molecule has 5 rings (SSSR count). The Bertz CT molecular complexity index is 1580. The Morgan fingerprint density at radius 2 is 1.77 bits per heavy atom. The number of benzene rings is 2. The highest BCUT2D eigenvalue weighted by atomic mass is 19.4. The highest BCUT2D eigenvalue weighted by molar-refractivity contribution is 6.21. The molecule has 1 N–H and O–H groups in total. The number of amides is 1. The third-order valence-corrected chi connectivity index (χ3v) is 6.68. The van der Waals surface area contributed by atoms with E-state index in [1.807, 2.05) is 13.8 Å². The Labute approximate surface area is 220 Å². The third kappa shape index (κ3) is 4.91. The predicted octanol–water partition coefficient (Wildman–Crippen LogP) is 5.53. The van der Waals surface area contributed by atoms with Gasteiger partial charge in [-0.15, -0.1) is 13.2 Å². The number of nitrogens with zero attached hydrogens (tertiary/aromatic N) is 2. The molecule has 0 unspecified atom stereocenters. The molecule has 206 valence electrons. The Morgan fingerprint density at radius 1 is 1.08 bits per heavy atom. The zero-order valence-electron chi connectivity index (χ0n) is 21.9. The summed E-state index contributed by atoms with van der Waals surface area (Å²) in [4.78, 5) is 31.3. The van der Waals surface area contributed by atoms with Crippen molar-refractivity contribution in [1.29, 1.82) is 0 Å². The van der Waals surface area contributed by atoms with E-state index in [2.05, 4.69) is 14.9 Å². The van der Waals surface area contributed by atoms with E-state index < -0.39 is 24.0 Å². The largest absolute Gasteiger partial charge is 0.573 e. The fourth-order valence-electron chi connectivity index (χ4n) is 5.30. The van der Waals surface area contributed by atoms with E-state index in [0.717, 1.165) is 12.1 Å². The zero-order valence-corrected chi connectivity index (χ0v) is 21.9. The van der Waals surface area contributed by atoms with Gasteiger partial charge in [0.25, 0.3) is 5.91 Å². The number of morpholine rings is 1. The van der Waals surface area contributed by atoms with Crippen molar-refractivity contribution in [2.75, 3.05) is 20.2 Å². The molecule has 12 heteroatoms. The van der Waals surface area contributed by atoms with Gasteiger partial charge in [-0.3, -0.25) is 4.79 Å². The maximum absolute atomic E-state index is 13.9. The SMILES string of the molecule is COC(=O)c1cc(-c2c(C)noc2C)cc2c1[nH]c1cc(OC(F)(F)F)cc(C(=O)N3C[C@@H](C)O[C@@H](C)C3)c12. The summed E-state index contributed by atoms with van der Waals surface area (Å²) in [5.41, 5.74) is 2.41. The first-order chi connectivity index (χ1) is 18.4. The monoisotopic (exact) mass is 545 g/mol. The van der Waals surface area contributed by atoms with Crippen molar-refractivity contribution in [2.45, 2.75) is 46.3 Å². The van der Waals surface area contributed by atoms with Gasteiger partial charge >= 0.3 is 12.3 Å². The second kappa shape index (κ2) is 9.60. The summed E-state index contributed by atoms with van der Waals surface area (Å²) in [7, 11) is 1.23. The van der Waals surface area contributed by atoms with E-state index in [4.69, 9.17) is 14.0 Å². The van der Waals surface area contributed by atoms with Crippen LogP contribution in [0.15, 0.2) is 28.8 Å². The number of H-pyrrole nitrogens is 1. The number of rotatable bonds is 4. The van der Waals surface area contributed by atoms with Crippen molar-refractivity contribution in [3.8, 4) is 16.9 Å². The van der Waals surface area contributed by atoms with Gasteiger partial charge in [-0.1, -0.05) is 5.16 Å². The standard InChI is InChI=1S/C27H26F3N3O6/c1-12-10-33(11-13(2)37-12)25(34)19-8-17(38-27(28,29)30)9-21-23(19)18-6-16(22-14(3)32-39-15(22)4)7-20(24(18)31-21)26(35)36-5/h6-9,12-13,31H,10-11H2,1-5H3/t12-,13+. The molecule has 1 aliphatic rings. The highest BCUT2D eigenvalue weighted by Crippen LogP contribution is 2.39. The number of halogens is 3. The molecule has 4 aromatic rings. The van der Waals surface area contributed by atoms with Crippen molar-refractivity contribution in [3.63, 3.8) is 0 Å². The number of ether oxygens (including phenoxy) is 3. The van der Waals surface area contributed by atoms with Gasteiger partial charge in [0, 0.05) is 35.5 Å². The Balaban J connectivity index is 1.82. The summed E-state index contributed by atoms with van der Waals surface area (Å²) in [6.07, 6.45) is -5.50. The number of fused-ring (bicyclic) bond motifs is 3. The van der Waals surface area contributed by atoms with Crippen molar-refractivity contribution in [2.24, 2.45) is 0 Å². The number of aryl methyl sites for hydroxylation is 2. The molecule has 2 atom stereocenters. The molecule has 0 saturated carbocycles. The molecule has 0 aliphatic carbocycles. The van der Waals surface area contributed by atoms with Gasteiger partial charge in [-0.05, 0) is 51.5 Å². The van der Waals surface area contributed by atoms with Crippen LogP contribution in [0.25, 0.3) is 32.9 Å². The van der Waals surface area contributed by atoms with Gasteiger partial charge < -0.3 is 28.6 Å². The Kier molecular flexibility index (Phi) is 6.53. The summed E-state index contributed by atoms with van der Waals surface area (Å²) >= 11 is 0. The lowest BCUT2D eigenvalue weighted by Crippen LogP contribution is -2.48. The van der Waals surface area contributed by atoms with Crippen LogP contribution < -0.4 is 4.74 Å². The molecule has 3 heterocycles. The second-order valence-electron chi connectivity index (χ2n) is 9.67. The zero-order chi connectivity index (χ0) is 28.2. The molecule has 39 heavy (non-hydrogen) atoms. The highest BCUT2D eigenvalue weighted by Gasteiger charge is 2.34. The van der Waals surface area contributed by atoms with Gasteiger partial charge in [0.15, 0.2) is 0 Å². The van der Waals surface area contributed by atoms with E-state index in [1.165, 1.54) is 7.11 Å². The number of hydrogen-bond acceptors (Lipinski definition) is 7. The fourth-order valence-corrected chi connectivity index (χ4v) is 5.30. The Hall–Kier alpha value is -4.06. The van der Waals surface area contributed by atoms with Gasteiger partial charge in [0.2, 0.25) is 0 Å². The maximum Gasteiger partial charge on any atom is 0.573 e. The average molecular weight is 546 g/mol. The van der Waals surface area contributed by atoms with Crippen LogP contribution >= 0.6 is 0 Å². The van der Waals surface area contributed by atoms with Crippen molar-refractivity contribution < 1.29 is 41.5 Å². The molecule has 0 bridgehead atoms. The molecule has 0 radical (unpaired) electrons. The predicted molar refractivity (Wildman–Crippen MR) is 135 cm³/mol. The molecule has 1 amide bonds. The smallest absolute Gasteiger partial charge is 0.465 e. The number of alkyl halides is 3. The molecule has 2 aromatic carbocycles. The lowest BCUT2D eigenvalue weighted by Gasteiger charge is -2.35. The Morgan fingerprint density at radius 3 is 2.36 bits per heavy atom. The summed E-state index contributed by atoms with van der Waals surface area (Å²) in [6.45, 7) is 7.63. The maximum atomic E-state index is 13.9. The first-order valence-electron chi connectivity index (χ1n) is 12.2. The number of methoxy groups -OCH3 is 1. The number of nitrogens with one attached hydrogen (secondary N) is 1. The van der Waals surface area contributed by atoms with Crippen LogP contribution in [0, 0.1) is 13.8 Å². The van der Waals surface area contributed by atoms with Crippen LogP contribution in [-0.2, 0) is 9.47 Å². The summed E-state index contributed by atoms with van der Waals surface area (Å²) in [6, 6.07) is 5.58. The summed E-state index contributed by atoms with van der Waals surface area (Å²) < 4.78 is 59.9. The fraction of sp³-hybridized carbons (Fsp3) is 0.370. The number of hydrogen-bond donors (Lipinski definition) is 1.